The van der Waals surface area contributed by atoms with Gasteiger partial charge in [0.25, 0.3) is 5.91 Å². The molecule has 0 saturated carbocycles. The third-order valence-corrected chi connectivity index (χ3v) is 6.94. The van der Waals surface area contributed by atoms with Crippen LogP contribution in [0.1, 0.15) is 46.4 Å². The summed E-state index contributed by atoms with van der Waals surface area (Å²) in [5.74, 6) is 0.859. The van der Waals surface area contributed by atoms with E-state index in [1.807, 2.05) is 30.0 Å². The van der Waals surface area contributed by atoms with Gasteiger partial charge in [-0.3, -0.25) is 4.79 Å². The van der Waals surface area contributed by atoms with Crippen molar-refractivity contribution >= 4 is 40.1 Å². The first-order valence-electron chi connectivity index (χ1n) is 12.2. The molecular formula is C30H29NO5S. The quantitative estimate of drug-likeness (QED) is 0.136. The van der Waals surface area contributed by atoms with Crippen LogP contribution in [0.3, 0.4) is 0 Å². The van der Waals surface area contributed by atoms with Crippen LogP contribution in [0.4, 0.5) is 5.69 Å². The van der Waals surface area contributed by atoms with Gasteiger partial charge in [0.05, 0.1) is 11.3 Å². The van der Waals surface area contributed by atoms with E-state index in [2.05, 4.69) is 23.5 Å². The maximum atomic E-state index is 12.6. The lowest BCUT2D eigenvalue weighted by atomic mass is 10.1. The third kappa shape index (κ3) is 7.35. The summed E-state index contributed by atoms with van der Waals surface area (Å²) in [6.07, 6.45) is 4.25. The number of carbonyl (C=O) groups excluding carboxylic acids is 1. The number of carboxylic acids is 1. The predicted octanol–water partition coefficient (Wildman–Crippen LogP) is 7.23. The van der Waals surface area contributed by atoms with Gasteiger partial charge in [0.2, 0.25) is 0 Å². The minimum absolute atomic E-state index is 0.0343. The van der Waals surface area contributed by atoms with Crippen molar-refractivity contribution < 1.29 is 24.5 Å². The molecule has 4 aromatic carbocycles. The molecule has 0 spiro atoms. The Morgan fingerprint density at radius 2 is 1.49 bits per heavy atom. The van der Waals surface area contributed by atoms with Gasteiger partial charge >= 0.3 is 5.97 Å². The second-order valence-corrected chi connectivity index (χ2v) is 9.76. The zero-order valence-electron chi connectivity index (χ0n) is 20.4. The van der Waals surface area contributed by atoms with E-state index < -0.39 is 11.9 Å². The number of para-hydroxylation sites is 1. The molecule has 0 aliphatic rings. The minimum Gasteiger partial charge on any atom is -0.478 e. The number of rotatable bonds is 12. The Labute approximate surface area is 220 Å². The number of hydrogen-bond donors (Lipinski definition) is 3. The van der Waals surface area contributed by atoms with E-state index in [1.54, 1.807) is 42.5 Å². The fourth-order valence-electron chi connectivity index (χ4n) is 3.90. The van der Waals surface area contributed by atoms with E-state index in [4.69, 9.17) is 9.84 Å². The number of unbranched alkanes of at least 4 members (excludes halogenated alkanes) is 3. The molecule has 0 atom stereocenters. The smallest absolute Gasteiger partial charge is 0.337 e. The van der Waals surface area contributed by atoms with Gasteiger partial charge in [0.1, 0.15) is 11.5 Å². The van der Waals surface area contributed by atoms with Crippen molar-refractivity contribution in [2.24, 2.45) is 0 Å². The van der Waals surface area contributed by atoms with E-state index in [0.717, 1.165) is 42.2 Å². The summed E-state index contributed by atoms with van der Waals surface area (Å²) in [5, 5.41) is 23.0. The summed E-state index contributed by atoms with van der Waals surface area (Å²) < 4.78 is 6.00. The highest BCUT2D eigenvalue weighted by atomic mass is 32.2. The molecule has 7 heteroatoms. The topological polar surface area (TPSA) is 95.9 Å². The van der Waals surface area contributed by atoms with Crippen LogP contribution in [0.5, 0.6) is 11.5 Å². The van der Waals surface area contributed by atoms with Crippen molar-refractivity contribution in [2.75, 3.05) is 17.7 Å². The summed E-state index contributed by atoms with van der Waals surface area (Å²) in [6.45, 7) is 0.275. The van der Waals surface area contributed by atoms with Crippen molar-refractivity contribution in [3.8, 4) is 11.5 Å². The number of aromatic carboxylic acids is 1. The molecule has 4 aromatic rings. The molecule has 3 N–H and O–H groups in total. The number of fused-ring (bicyclic) bond motifs is 1. The van der Waals surface area contributed by atoms with Crippen molar-refractivity contribution in [2.45, 2.75) is 30.6 Å². The first-order valence-corrected chi connectivity index (χ1v) is 13.2. The fourth-order valence-corrected chi connectivity index (χ4v) is 4.85. The summed E-state index contributed by atoms with van der Waals surface area (Å²) in [4.78, 5) is 25.2. The molecular weight excluding hydrogens is 486 g/mol. The Kier molecular flexibility index (Phi) is 9.18. The number of carboxylic acid groups (broad SMARTS) is 1. The van der Waals surface area contributed by atoms with E-state index in [-0.39, 0.29) is 17.9 Å². The van der Waals surface area contributed by atoms with E-state index >= 15 is 0 Å². The first kappa shape index (κ1) is 26.3. The predicted molar refractivity (Wildman–Crippen MR) is 148 cm³/mol. The highest BCUT2D eigenvalue weighted by molar-refractivity contribution is 7.99. The van der Waals surface area contributed by atoms with Crippen molar-refractivity contribution in [1.29, 1.82) is 0 Å². The third-order valence-electron chi connectivity index (χ3n) is 5.86. The number of hydrogen-bond acceptors (Lipinski definition) is 5. The van der Waals surface area contributed by atoms with Gasteiger partial charge in [-0.2, -0.15) is 0 Å². The van der Waals surface area contributed by atoms with Crippen LogP contribution in [-0.2, 0) is 0 Å². The summed E-state index contributed by atoms with van der Waals surface area (Å²) in [7, 11) is 0. The van der Waals surface area contributed by atoms with Gasteiger partial charge < -0.3 is 20.3 Å². The standard InChI is InChI=1S/C30H29NO5S/c32-17-5-1-2-6-18-37-26-16-12-22-19-25(15-11-23(22)20-26)36-24-13-9-21(10-14-24)29(33)31-28-8-4-3-7-27(28)30(34)35/h3-4,7-16,19-20,32H,1-2,5-6,17-18H2,(H,31,33)(H,34,35). The number of carbonyl (C=O) groups is 2. The Morgan fingerprint density at radius 1 is 0.784 bits per heavy atom. The van der Waals surface area contributed by atoms with Gasteiger partial charge in [0.15, 0.2) is 0 Å². The zero-order chi connectivity index (χ0) is 26.0. The number of amides is 1. The second kappa shape index (κ2) is 12.9. The molecule has 0 bridgehead atoms. The minimum atomic E-state index is -1.10. The molecule has 6 nitrogen and oxygen atoms in total. The van der Waals surface area contributed by atoms with Gasteiger partial charge in [-0.25, -0.2) is 4.79 Å². The lowest BCUT2D eigenvalue weighted by Gasteiger charge is -2.10. The fraction of sp³-hybridized carbons (Fsp3) is 0.200. The number of anilines is 1. The summed E-state index contributed by atoms with van der Waals surface area (Å²) >= 11 is 1.85. The molecule has 0 heterocycles. The summed E-state index contributed by atoms with van der Waals surface area (Å²) in [6, 6.07) is 25.4. The highest BCUT2D eigenvalue weighted by Gasteiger charge is 2.13. The van der Waals surface area contributed by atoms with E-state index in [9.17, 15) is 14.7 Å². The summed E-state index contributed by atoms with van der Waals surface area (Å²) in [5.41, 5.74) is 0.674. The lowest BCUT2D eigenvalue weighted by molar-refractivity contribution is 0.0698. The molecule has 37 heavy (non-hydrogen) atoms. The van der Waals surface area contributed by atoms with Crippen LogP contribution >= 0.6 is 11.8 Å². The van der Waals surface area contributed by atoms with Crippen LogP contribution in [0.2, 0.25) is 0 Å². The Bertz CT molecular complexity index is 1370. The normalized spacial score (nSPS) is 10.8. The second-order valence-electron chi connectivity index (χ2n) is 8.59. The molecule has 0 unspecified atom stereocenters. The molecule has 0 aliphatic heterocycles. The number of nitrogens with one attached hydrogen (secondary N) is 1. The van der Waals surface area contributed by atoms with Gasteiger partial charge in [-0.1, -0.05) is 37.1 Å². The Morgan fingerprint density at radius 3 is 2.27 bits per heavy atom. The highest BCUT2D eigenvalue weighted by Crippen LogP contribution is 2.29. The van der Waals surface area contributed by atoms with E-state index in [0.29, 0.717) is 17.1 Å². The number of benzene rings is 4. The van der Waals surface area contributed by atoms with Crippen LogP contribution in [0.25, 0.3) is 10.8 Å². The molecule has 0 aromatic heterocycles. The Balaban J connectivity index is 1.35. The van der Waals surface area contributed by atoms with Crippen LogP contribution < -0.4 is 10.1 Å². The lowest BCUT2D eigenvalue weighted by Crippen LogP contribution is -2.14. The molecule has 190 valence electrons. The average Bonchev–Trinajstić information content (AvgIpc) is 2.91. The molecule has 0 saturated heterocycles. The van der Waals surface area contributed by atoms with Crippen LogP contribution in [0, 0.1) is 0 Å². The number of aliphatic hydroxyl groups is 1. The number of aliphatic hydroxyl groups excluding tert-OH is 1. The van der Waals surface area contributed by atoms with Crippen LogP contribution in [-0.4, -0.2) is 34.4 Å². The van der Waals surface area contributed by atoms with Gasteiger partial charge in [-0.05, 0) is 90.0 Å². The largest absolute Gasteiger partial charge is 0.478 e. The van der Waals surface area contributed by atoms with Gasteiger partial charge in [0, 0.05) is 17.1 Å². The Hall–Kier alpha value is -3.81. The average molecular weight is 516 g/mol. The number of ether oxygens (including phenoxy) is 1. The molecule has 4 rings (SSSR count). The zero-order valence-corrected chi connectivity index (χ0v) is 21.2. The van der Waals surface area contributed by atoms with Crippen LogP contribution in [0.15, 0.2) is 89.8 Å². The van der Waals surface area contributed by atoms with Gasteiger partial charge in [-0.15, -0.1) is 11.8 Å². The molecule has 0 radical (unpaired) electrons. The molecule has 0 fully saturated rings. The first-order chi connectivity index (χ1) is 18.0. The van der Waals surface area contributed by atoms with E-state index in [1.165, 1.54) is 11.0 Å². The van der Waals surface area contributed by atoms with Crippen molar-refractivity contribution in [3.05, 3.63) is 96.1 Å². The maximum Gasteiger partial charge on any atom is 0.337 e. The maximum absolute atomic E-state index is 12.6. The molecule has 1 amide bonds. The molecule has 0 aliphatic carbocycles. The SMILES string of the molecule is O=C(Nc1ccccc1C(=O)O)c1ccc(Oc2ccc3cc(SCCCCCCO)ccc3c2)cc1. The van der Waals surface area contributed by atoms with Crippen molar-refractivity contribution in [1.82, 2.24) is 0 Å². The van der Waals surface area contributed by atoms with Crippen molar-refractivity contribution in [3.63, 3.8) is 0 Å². The number of thioether (sulfide) groups is 1. The monoisotopic (exact) mass is 515 g/mol.